The molecule has 158 valence electrons. The van der Waals surface area contributed by atoms with Crippen LogP contribution in [0.25, 0.3) is 0 Å². The molecule has 1 heterocycles. The molecule has 1 unspecified atom stereocenters. The summed E-state index contributed by atoms with van der Waals surface area (Å²) < 4.78 is 27.4. The predicted molar refractivity (Wildman–Crippen MR) is 114 cm³/mol. The number of carbonyl (C=O) groups excluding carboxylic acids is 1. The number of aryl methyl sites for hydroxylation is 1. The fraction of sp³-hybridized carbons (Fsp3) is 0.364. The number of sulfonamides is 1. The van der Waals surface area contributed by atoms with Crippen LogP contribution in [-0.2, 0) is 21.2 Å². The van der Waals surface area contributed by atoms with Crippen LogP contribution in [0.5, 0.6) is 0 Å². The molecule has 0 radical (unpaired) electrons. The molecule has 30 heavy (non-hydrogen) atoms. The van der Waals surface area contributed by atoms with Crippen molar-refractivity contribution in [2.24, 2.45) is 5.73 Å². The first-order valence-corrected chi connectivity index (χ1v) is 11.4. The monoisotopic (exact) mass is 426 g/mol. The van der Waals surface area contributed by atoms with E-state index in [0.717, 1.165) is 18.4 Å². The van der Waals surface area contributed by atoms with Gasteiger partial charge in [0.15, 0.2) is 0 Å². The van der Waals surface area contributed by atoms with Crippen molar-refractivity contribution in [1.29, 1.82) is 5.26 Å². The van der Waals surface area contributed by atoms with Crippen molar-refractivity contribution in [1.82, 2.24) is 9.21 Å². The average molecular weight is 427 g/mol. The molecule has 2 N–H and O–H groups in total. The van der Waals surface area contributed by atoms with Crippen molar-refractivity contribution in [3.05, 3.63) is 65.2 Å². The minimum Gasteiger partial charge on any atom is -0.368 e. The highest BCUT2D eigenvalue weighted by Crippen LogP contribution is 2.25. The zero-order chi connectivity index (χ0) is 21.7. The Kier molecular flexibility index (Phi) is 6.87. The van der Waals surface area contributed by atoms with Crippen LogP contribution in [0.1, 0.15) is 36.1 Å². The maximum atomic E-state index is 13.0. The van der Waals surface area contributed by atoms with Gasteiger partial charge in [0, 0.05) is 26.2 Å². The van der Waals surface area contributed by atoms with Crippen LogP contribution < -0.4 is 5.73 Å². The zero-order valence-electron chi connectivity index (χ0n) is 17.0. The lowest BCUT2D eigenvalue weighted by molar-refractivity contribution is -0.124. The van der Waals surface area contributed by atoms with Gasteiger partial charge in [0.1, 0.15) is 6.04 Å². The number of amides is 1. The number of primary amides is 1. The first kappa shape index (κ1) is 22.0. The zero-order valence-corrected chi connectivity index (χ0v) is 17.8. The van der Waals surface area contributed by atoms with E-state index in [1.165, 1.54) is 4.31 Å². The van der Waals surface area contributed by atoms with E-state index in [0.29, 0.717) is 24.2 Å². The molecular formula is C22H26N4O3S. The van der Waals surface area contributed by atoms with E-state index < -0.39 is 22.0 Å². The number of nitrogens with zero attached hydrogens (tertiary/aromatic N) is 3. The molecule has 1 amide bonds. The Hall–Kier alpha value is -2.73. The van der Waals surface area contributed by atoms with Gasteiger partial charge in [0.2, 0.25) is 15.9 Å². The molecule has 7 nitrogen and oxygen atoms in total. The third kappa shape index (κ3) is 4.70. The SMILES string of the molecule is CCCc1ccc(S(=O)(=O)N2CCN(C(C(N)=O)c3ccc(C#N)cc3)CC2)cc1. The van der Waals surface area contributed by atoms with Gasteiger partial charge in [-0.3, -0.25) is 9.69 Å². The Bertz CT molecular complexity index is 1020. The molecule has 0 bridgehead atoms. The van der Waals surface area contributed by atoms with Crippen molar-refractivity contribution in [3.8, 4) is 6.07 Å². The first-order valence-electron chi connectivity index (χ1n) is 9.99. The summed E-state index contributed by atoms with van der Waals surface area (Å²) in [4.78, 5) is 14.3. The number of hydrogen-bond acceptors (Lipinski definition) is 5. The number of piperazine rings is 1. The third-order valence-corrected chi connectivity index (χ3v) is 7.28. The van der Waals surface area contributed by atoms with Crippen LogP contribution in [0.15, 0.2) is 53.4 Å². The number of nitrogens with two attached hydrogens (primary N) is 1. The molecule has 1 fully saturated rings. The van der Waals surface area contributed by atoms with Crippen molar-refractivity contribution in [2.75, 3.05) is 26.2 Å². The summed E-state index contributed by atoms with van der Waals surface area (Å²) in [7, 11) is -3.58. The molecule has 1 saturated heterocycles. The average Bonchev–Trinajstić information content (AvgIpc) is 2.75. The quantitative estimate of drug-likeness (QED) is 0.729. The fourth-order valence-corrected chi connectivity index (χ4v) is 5.19. The molecule has 0 aromatic heterocycles. The van der Waals surface area contributed by atoms with E-state index in [1.807, 2.05) is 23.1 Å². The number of hydrogen-bond donors (Lipinski definition) is 1. The lowest BCUT2D eigenvalue weighted by Crippen LogP contribution is -2.51. The van der Waals surface area contributed by atoms with Gasteiger partial charge >= 0.3 is 0 Å². The minimum atomic E-state index is -3.58. The summed E-state index contributed by atoms with van der Waals surface area (Å²) in [5.41, 5.74) is 7.96. The van der Waals surface area contributed by atoms with Crippen LogP contribution >= 0.6 is 0 Å². The molecule has 0 spiro atoms. The normalized spacial score (nSPS) is 16.7. The molecule has 2 aromatic rings. The Morgan fingerprint density at radius 2 is 1.67 bits per heavy atom. The molecule has 1 atom stereocenters. The number of carbonyl (C=O) groups is 1. The van der Waals surface area contributed by atoms with Crippen molar-refractivity contribution in [2.45, 2.75) is 30.7 Å². The molecule has 1 aliphatic heterocycles. The van der Waals surface area contributed by atoms with Gasteiger partial charge in [-0.05, 0) is 41.8 Å². The van der Waals surface area contributed by atoms with Gasteiger partial charge in [-0.2, -0.15) is 9.57 Å². The van der Waals surface area contributed by atoms with E-state index in [-0.39, 0.29) is 18.0 Å². The molecule has 8 heteroatoms. The summed E-state index contributed by atoms with van der Waals surface area (Å²) in [6.45, 7) is 3.42. The second-order valence-electron chi connectivity index (χ2n) is 7.37. The van der Waals surface area contributed by atoms with Gasteiger partial charge in [-0.1, -0.05) is 37.6 Å². The topological polar surface area (TPSA) is 108 Å². The van der Waals surface area contributed by atoms with E-state index >= 15 is 0 Å². The van der Waals surface area contributed by atoms with E-state index in [4.69, 9.17) is 11.0 Å². The molecule has 2 aromatic carbocycles. The second-order valence-corrected chi connectivity index (χ2v) is 9.31. The summed E-state index contributed by atoms with van der Waals surface area (Å²) >= 11 is 0. The lowest BCUT2D eigenvalue weighted by atomic mass is 10.0. The maximum absolute atomic E-state index is 13.0. The highest BCUT2D eigenvalue weighted by atomic mass is 32.2. The molecule has 3 rings (SSSR count). The Balaban J connectivity index is 1.71. The van der Waals surface area contributed by atoms with Gasteiger partial charge in [0.05, 0.1) is 16.5 Å². The molecule has 1 aliphatic rings. The van der Waals surface area contributed by atoms with Crippen LogP contribution in [0.2, 0.25) is 0 Å². The Labute approximate surface area is 177 Å². The van der Waals surface area contributed by atoms with Crippen LogP contribution in [0.3, 0.4) is 0 Å². The lowest BCUT2D eigenvalue weighted by Gasteiger charge is -2.37. The maximum Gasteiger partial charge on any atom is 0.243 e. The van der Waals surface area contributed by atoms with Gasteiger partial charge in [-0.25, -0.2) is 8.42 Å². The Morgan fingerprint density at radius 3 is 2.17 bits per heavy atom. The third-order valence-electron chi connectivity index (χ3n) is 5.36. The highest BCUT2D eigenvalue weighted by molar-refractivity contribution is 7.89. The largest absolute Gasteiger partial charge is 0.368 e. The van der Waals surface area contributed by atoms with E-state index in [1.54, 1.807) is 36.4 Å². The van der Waals surface area contributed by atoms with Crippen LogP contribution in [-0.4, -0.2) is 49.7 Å². The van der Waals surface area contributed by atoms with Crippen molar-refractivity contribution < 1.29 is 13.2 Å². The summed E-state index contributed by atoms with van der Waals surface area (Å²) in [5, 5.41) is 8.95. The van der Waals surface area contributed by atoms with Gasteiger partial charge in [0.25, 0.3) is 0 Å². The number of rotatable bonds is 7. The standard InChI is InChI=1S/C22H26N4O3S/c1-2-3-17-6-10-20(11-7-17)30(28,29)26-14-12-25(13-15-26)21(22(24)27)19-8-4-18(16-23)5-9-19/h4-11,21H,2-3,12-15H2,1H3,(H2,24,27). The van der Waals surface area contributed by atoms with E-state index in [9.17, 15) is 13.2 Å². The van der Waals surface area contributed by atoms with Gasteiger partial charge in [-0.15, -0.1) is 0 Å². The van der Waals surface area contributed by atoms with E-state index in [2.05, 4.69) is 6.92 Å². The van der Waals surface area contributed by atoms with Crippen LogP contribution in [0, 0.1) is 11.3 Å². The fourth-order valence-electron chi connectivity index (χ4n) is 3.76. The smallest absolute Gasteiger partial charge is 0.243 e. The van der Waals surface area contributed by atoms with Crippen molar-refractivity contribution in [3.63, 3.8) is 0 Å². The second kappa shape index (κ2) is 9.39. The van der Waals surface area contributed by atoms with Gasteiger partial charge < -0.3 is 5.73 Å². The number of nitriles is 1. The predicted octanol–water partition coefficient (Wildman–Crippen LogP) is 2.04. The molecular weight excluding hydrogens is 400 g/mol. The summed E-state index contributed by atoms with van der Waals surface area (Å²) in [6, 6.07) is 15.2. The molecule has 0 saturated carbocycles. The summed E-state index contributed by atoms with van der Waals surface area (Å²) in [5.74, 6) is -0.498. The summed E-state index contributed by atoms with van der Waals surface area (Å²) in [6.07, 6.45) is 1.93. The van der Waals surface area contributed by atoms with Crippen LogP contribution in [0.4, 0.5) is 0 Å². The molecule has 0 aliphatic carbocycles. The minimum absolute atomic E-state index is 0.277. The number of benzene rings is 2. The van der Waals surface area contributed by atoms with Crippen molar-refractivity contribution >= 4 is 15.9 Å². The Morgan fingerprint density at radius 1 is 1.07 bits per heavy atom. The first-order chi connectivity index (χ1) is 14.4. The highest BCUT2D eigenvalue weighted by Gasteiger charge is 2.33.